The van der Waals surface area contributed by atoms with Crippen LogP contribution in [0.15, 0.2) is 24.3 Å². The zero-order chi connectivity index (χ0) is 24.6. The van der Waals surface area contributed by atoms with E-state index in [0.717, 1.165) is 49.9 Å². The van der Waals surface area contributed by atoms with Gasteiger partial charge >= 0.3 is 0 Å². The first-order valence-corrected chi connectivity index (χ1v) is 13.3. The molecule has 1 aromatic heterocycles. The van der Waals surface area contributed by atoms with Gasteiger partial charge in [-0.15, -0.1) is 0 Å². The molecule has 0 bridgehead atoms. The van der Waals surface area contributed by atoms with Crippen molar-refractivity contribution in [3.05, 3.63) is 30.0 Å². The highest BCUT2D eigenvalue weighted by Gasteiger charge is 2.30. The van der Waals surface area contributed by atoms with Gasteiger partial charge in [-0.05, 0) is 71.0 Å². The standard InChI is InChI=1S/C28H41N3O4/c1-20(2)31(21-10-9-15-29-19-21)28(32)24-18-26(34-17-16-33-3)23-13-8-14-25(27(23)30-24)35-22-11-6-4-5-7-12-22/h8,13-14,18,20-22,29H,4-7,9-12,15-17,19H2,1-3H3. The number of carbonyl (C=O) groups is 1. The fourth-order valence-electron chi connectivity index (χ4n) is 5.31. The summed E-state index contributed by atoms with van der Waals surface area (Å²) < 4.78 is 17.8. The molecule has 2 aromatic rings. The quantitative estimate of drug-likeness (QED) is 0.401. The van der Waals surface area contributed by atoms with Crippen molar-refractivity contribution in [1.82, 2.24) is 15.2 Å². The molecular weight excluding hydrogens is 442 g/mol. The van der Waals surface area contributed by atoms with Gasteiger partial charge in [-0.25, -0.2) is 4.98 Å². The Hall–Kier alpha value is -2.38. The van der Waals surface area contributed by atoms with Crippen molar-refractivity contribution in [2.45, 2.75) is 83.4 Å². The lowest BCUT2D eigenvalue weighted by Crippen LogP contribution is -2.51. The van der Waals surface area contributed by atoms with E-state index in [1.807, 2.05) is 23.1 Å². The van der Waals surface area contributed by atoms with Crippen LogP contribution in [0.25, 0.3) is 10.9 Å². The van der Waals surface area contributed by atoms with Crippen molar-refractivity contribution in [1.29, 1.82) is 0 Å². The number of hydrogen-bond acceptors (Lipinski definition) is 6. The predicted octanol–water partition coefficient (Wildman–Crippen LogP) is 4.96. The molecule has 1 amide bonds. The summed E-state index contributed by atoms with van der Waals surface area (Å²) in [7, 11) is 1.65. The summed E-state index contributed by atoms with van der Waals surface area (Å²) in [5.74, 6) is 1.32. The number of methoxy groups -OCH3 is 1. The largest absolute Gasteiger partial charge is 0.490 e. The van der Waals surface area contributed by atoms with Crippen molar-refractivity contribution in [3.63, 3.8) is 0 Å². The van der Waals surface area contributed by atoms with E-state index in [4.69, 9.17) is 19.2 Å². The Balaban J connectivity index is 1.71. The van der Waals surface area contributed by atoms with Crippen LogP contribution in [0.2, 0.25) is 0 Å². The van der Waals surface area contributed by atoms with Gasteiger partial charge in [0.15, 0.2) is 0 Å². The summed E-state index contributed by atoms with van der Waals surface area (Å²) in [6, 6.07) is 7.96. The molecule has 35 heavy (non-hydrogen) atoms. The van der Waals surface area contributed by atoms with E-state index in [1.54, 1.807) is 13.2 Å². The van der Waals surface area contributed by atoms with E-state index < -0.39 is 0 Å². The lowest BCUT2D eigenvalue weighted by molar-refractivity contribution is 0.0567. The van der Waals surface area contributed by atoms with Crippen LogP contribution in [0.1, 0.15) is 75.7 Å². The third-order valence-electron chi connectivity index (χ3n) is 7.08. The molecule has 4 rings (SSSR count). The fraction of sp³-hybridized carbons (Fsp3) is 0.643. The van der Waals surface area contributed by atoms with E-state index >= 15 is 0 Å². The number of nitrogens with zero attached hydrogens (tertiary/aromatic N) is 2. The summed E-state index contributed by atoms with van der Waals surface area (Å²) >= 11 is 0. The average molecular weight is 484 g/mol. The normalized spacial score (nSPS) is 19.5. The van der Waals surface area contributed by atoms with Crippen LogP contribution in [0.5, 0.6) is 11.5 Å². The maximum Gasteiger partial charge on any atom is 0.273 e. The third-order valence-corrected chi connectivity index (χ3v) is 7.08. The molecular formula is C28H41N3O4. The van der Waals surface area contributed by atoms with Crippen molar-refractivity contribution in [3.8, 4) is 11.5 Å². The highest BCUT2D eigenvalue weighted by Crippen LogP contribution is 2.34. The van der Waals surface area contributed by atoms with Crippen LogP contribution in [0.3, 0.4) is 0 Å². The smallest absolute Gasteiger partial charge is 0.273 e. The zero-order valence-electron chi connectivity index (χ0n) is 21.6. The molecule has 1 N–H and O–H groups in total. The van der Waals surface area contributed by atoms with Gasteiger partial charge in [0.25, 0.3) is 5.91 Å². The Morgan fingerprint density at radius 1 is 1.09 bits per heavy atom. The van der Waals surface area contributed by atoms with Crippen molar-refractivity contribution in [2.24, 2.45) is 0 Å². The predicted molar refractivity (Wildman–Crippen MR) is 138 cm³/mol. The van der Waals surface area contributed by atoms with Gasteiger partial charge in [0.05, 0.1) is 12.7 Å². The van der Waals surface area contributed by atoms with Gasteiger partial charge in [0.1, 0.15) is 29.3 Å². The minimum absolute atomic E-state index is 0.0588. The highest BCUT2D eigenvalue weighted by atomic mass is 16.5. The molecule has 7 heteroatoms. The van der Waals surface area contributed by atoms with Crippen LogP contribution in [0.4, 0.5) is 0 Å². The molecule has 0 spiro atoms. The SMILES string of the molecule is COCCOc1cc(C(=O)N(C(C)C)C2CCCNC2)nc2c(OC3CCCCCC3)cccc12. The monoisotopic (exact) mass is 483 g/mol. The first kappa shape index (κ1) is 25.7. The number of hydrogen-bond donors (Lipinski definition) is 1. The summed E-state index contributed by atoms with van der Waals surface area (Å²) in [5.41, 5.74) is 1.10. The number of nitrogens with one attached hydrogen (secondary N) is 1. The number of fused-ring (bicyclic) bond motifs is 1. The Morgan fingerprint density at radius 2 is 1.89 bits per heavy atom. The maximum atomic E-state index is 13.9. The maximum absolute atomic E-state index is 13.9. The van der Waals surface area contributed by atoms with Crippen LogP contribution in [-0.4, -0.2) is 67.4 Å². The third kappa shape index (κ3) is 6.44. The molecule has 2 heterocycles. The lowest BCUT2D eigenvalue weighted by atomic mass is 10.0. The number of aromatic nitrogens is 1. The van der Waals surface area contributed by atoms with E-state index in [1.165, 1.54) is 25.7 Å². The number of carbonyl (C=O) groups excluding carboxylic acids is 1. The van der Waals surface area contributed by atoms with Gasteiger partial charge in [-0.2, -0.15) is 0 Å². The molecule has 1 saturated heterocycles. The summed E-state index contributed by atoms with van der Waals surface area (Å²) in [6.45, 7) is 6.83. The van der Waals surface area contributed by atoms with Crippen molar-refractivity contribution >= 4 is 16.8 Å². The second kappa shape index (κ2) is 12.5. The Kier molecular flexibility index (Phi) is 9.21. The number of piperidine rings is 1. The molecule has 1 aliphatic carbocycles. The topological polar surface area (TPSA) is 72.9 Å². The zero-order valence-corrected chi connectivity index (χ0v) is 21.6. The highest BCUT2D eigenvalue weighted by molar-refractivity contribution is 5.98. The number of para-hydroxylation sites is 1. The second-order valence-corrected chi connectivity index (χ2v) is 10.0. The van der Waals surface area contributed by atoms with E-state index in [-0.39, 0.29) is 24.1 Å². The molecule has 2 fully saturated rings. The molecule has 1 atom stereocenters. The number of rotatable bonds is 9. The molecule has 2 aliphatic rings. The van der Waals surface area contributed by atoms with Crippen LogP contribution in [0, 0.1) is 0 Å². The number of ether oxygens (including phenoxy) is 3. The lowest BCUT2D eigenvalue weighted by Gasteiger charge is -2.37. The minimum Gasteiger partial charge on any atom is -0.490 e. The molecule has 1 saturated carbocycles. The van der Waals surface area contributed by atoms with E-state index in [0.29, 0.717) is 30.2 Å². The Bertz CT molecular complexity index is 966. The van der Waals surface area contributed by atoms with Gasteiger partial charge < -0.3 is 24.4 Å². The van der Waals surface area contributed by atoms with Crippen molar-refractivity contribution < 1.29 is 19.0 Å². The van der Waals surface area contributed by atoms with Gasteiger partial charge in [-0.3, -0.25) is 4.79 Å². The van der Waals surface area contributed by atoms with Crippen LogP contribution >= 0.6 is 0 Å². The van der Waals surface area contributed by atoms with Gasteiger partial charge in [0, 0.05) is 37.2 Å². The summed E-state index contributed by atoms with van der Waals surface area (Å²) in [4.78, 5) is 20.8. The second-order valence-electron chi connectivity index (χ2n) is 10.0. The van der Waals surface area contributed by atoms with Crippen LogP contribution < -0.4 is 14.8 Å². The Morgan fingerprint density at radius 3 is 2.57 bits per heavy atom. The van der Waals surface area contributed by atoms with E-state index in [9.17, 15) is 4.79 Å². The molecule has 1 aromatic carbocycles. The van der Waals surface area contributed by atoms with Crippen molar-refractivity contribution in [2.75, 3.05) is 33.4 Å². The molecule has 1 unspecified atom stereocenters. The summed E-state index contributed by atoms with van der Waals surface area (Å²) in [5, 5.41) is 4.30. The molecule has 192 valence electrons. The van der Waals surface area contributed by atoms with Gasteiger partial charge in [-0.1, -0.05) is 18.9 Å². The summed E-state index contributed by atoms with van der Waals surface area (Å²) in [6.07, 6.45) is 9.28. The molecule has 7 nitrogen and oxygen atoms in total. The number of benzene rings is 1. The number of pyridine rings is 1. The molecule has 1 aliphatic heterocycles. The van der Waals surface area contributed by atoms with E-state index in [2.05, 4.69) is 19.2 Å². The van der Waals surface area contributed by atoms with Gasteiger partial charge in [0.2, 0.25) is 0 Å². The average Bonchev–Trinajstić information content (AvgIpc) is 3.13. The number of amides is 1. The van der Waals surface area contributed by atoms with Crippen LogP contribution in [-0.2, 0) is 4.74 Å². The molecule has 0 radical (unpaired) electrons. The fourth-order valence-corrected chi connectivity index (χ4v) is 5.31. The first-order chi connectivity index (χ1) is 17.1. The Labute approximate surface area is 209 Å². The first-order valence-electron chi connectivity index (χ1n) is 13.3. The minimum atomic E-state index is -0.0588.